The summed E-state index contributed by atoms with van der Waals surface area (Å²) >= 11 is -7.36. The van der Waals surface area contributed by atoms with Crippen molar-refractivity contribution in [3.63, 3.8) is 0 Å². The normalized spacial score (nSPS) is 18.9. The van der Waals surface area contributed by atoms with E-state index in [1.165, 1.54) is 0 Å². The molecular formula is C28H28O5Se2. The van der Waals surface area contributed by atoms with Crippen LogP contribution in [0, 0.1) is 27.7 Å². The van der Waals surface area contributed by atoms with Crippen molar-refractivity contribution in [3.05, 3.63) is 119 Å². The second-order valence-electron chi connectivity index (χ2n) is 8.60. The van der Waals surface area contributed by atoms with Gasteiger partial charge in [-0.25, -0.2) is 0 Å². The third kappa shape index (κ3) is 4.76. The zero-order valence-corrected chi connectivity index (χ0v) is 23.5. The Balaban J connectivity index is 1.64. The second kappa shape index (κ2) is 10.00. The first kappa shape index (κ1) is 24.4. The zero-order valence-electron chi connectivity index (χ0n) is 20.1. The number of benzene rings is 4. The third-order valence-corrected chi connectivity index (χ3v) is 15.8. The molecule has 0 spiro atoms. The summed E-state index contributed by atoms with van der Waals surface area (Å²) in [6, 6.07) is 32.4. The minimum absolute atomic E-state index is 0.875. The predicted molar refractivity (Wildman–Crippen MR) is 140 cm³/mol. The summed E-state index contributed by atoms with van der Waals surface area (Å²) in [4.78, 5) is 0. The average molecular weight is 602 g/mol. The van der Waals surface area contributed by atoms with E-state index in [0.29, 0.717) is 0 Å². The van der Waals surface area contributed by atoms with Gasteiger partial charge in [-0.15, -0.1) is 0 Å². The molecule has 0 amide bonds. The van der Waals surface area contributed by atoms with Crippen LogP contribution in [0.25, 0.3) is 0 Å². The summed E-state index contributed by atoms with van der Waals surface area (Å²) in [6.45, 7) is 8.18. The van der Waals surface area contributed by atoms with Crippen LogP contribution in [0.2, 0.25) is 0 Å². The van der Waals surface area contributed by atoms with Crippen molar-refractivity contribution in [1.29, 1.82) is 0 Å². The fourth-order valence-corrected chi connectivity index (χ4v) is 13.0. The molecule has 182 valence electrons. The van der Waals surface area contributed by atoms with Crippen molar-refractivity contribution >= 4 is 44.9 Å². The van der Waals surface area contributed by atoms with Gasteiger partial charge in [0.25, 0.3) is 0 Å². The molecule has 1 saturated heterocycles. The van der Waals surface area contributed by atoms with Crippen molar-refractivity contribution in [2.45, 2.75) is 27.7 Å². The van der Waals surface area contributed by atoms with E-state index in [-0.39, 0.29) is 0 Å². The van der Waals surface area contributed by atoms with Crippen LogP contribution < -0.4 is 17.8 Å². The molecule has 1 heterocycles. The van der Waals surface area contributed by atoms with Gasteiger partial charge in [0.2, 0.25) is 0 Å². The van der Waals surface area contributed by atoms with Crippen molar-refractivity contribution in [2.24, 2.45) is 0 Å². The van der Waals surface area contributed by atoms with Gasteiger partial charge in [0.05, 0.1) is 0 Å². The fourth-order valence-electron chi connectivity index (χ4n) is 3.65. The van der Waals surface area contributed by atoms with Crippen LogP contribution in [0.15, 0.2) is 97.1 Å². The van der Waals surface area contributed by atoms with Gasteiger partial charge >= 0.3 is 213 Å². The van der Waals surface area contributed by atoms with Crippen LogP contribution in [-0.2, 0) is 20.9 Å². The minimum atomic E-state index is -3.68. The van der Waals surface area contributed by atoms with Gasteiger partial charge in [-0.2, -0.15) is 0 Å². The molecular weight excluding hydrogens is 574 g/mol. The zero-order chi connectivity index (χ0) is 24.5. The van der Waals surface area contributed by atoms with Crippen LogP contribution in [0.1, 0.15) is 22.3 Å². The molecule has 0 unspecified atom stereocenters. The Morgan fingerprint density at radius 1 is 0.343 bits per heavy atom. The van der Waals surface area contributed by atoms with Gasteiger partial charge in [0, 0.05) is 0 Å². The Morgan fingerprint density at radius 3 is 0.800 bits per heavy atom. The molecule has 0 saturated carbocycles. The summed E-state index contributed by atoms with van der Waals surface area (Å²) in [5.41, 5.74) is 4.56. The van der Waals surface area contributed by atoms with E-state index >= 15 is 0 Å². The molecule has 0 atom stereocenters. The van der Waals surface area contributed by atoms with E-state index in [2.05, 4.69) is 0 Å². The van der Waals surface area contributed by atoms with Gasteiger partial charge in [-0.1, -0.05) is 0 Å². The second-order valence-corrected chi connectivity index (χ2v) is 17.9. The SMILES string of the molecule is Cc1ccc([Se]2(c3ccc(C)cc3)OOO[Se](c3ccc(C)cc3)(c3ccc(C)cc3)OO2)cc1. The summed E-state index contributed by atoms with van der Waals surface area (Å²) in [7, 11) is 0. The van der Waals surface area contributed by atoms with Gasteiger partial charge < -0.3 is 0 Å². The van der Waals surface area contributed by atoms with E-state index < -0.39 is 27.0 Å². The Kier molecular flexibility index (Phi) is 6.97. The molecule has 5 rings (SSSR count). The van der Waals surface area contributed by atoms with Gasteiger partial charge in [-0.3, -0.25) is 0 Å². The van der Waals surface area contributed by atoms with Crippen molar-refractivity contribution < 1.29 is 20.9 Å². The van der Waals surface area contributed by atoms with E-state index in [1.807, 2.05) is 125 Å². The molecule has 0 N–H and O–H groups in total. The average Bonchev–Trinajstić information content (AvgIpc) is 3.08. The molecule has 0 bridgehead atoms. The van der Waals surface area contributed by atoms with Gasteiger partial charge in [0.15, 0.2) is 0 Å². The standard InChI is InChI=1S/C28H28O5Se2/c1-21-5-13-25(14-6-21)34(26-15-7-22(2)8-16-26)30-29-31-35(33-32-34,27-17-9-23(3)10-18-27)28-19-11-24(4)12-20-28/h5-20H,1-4H3. The van der Waals surface area contributed by atoms with E-state index in [1.54, 1.807) is 0 Å². The molecule has 4 aromatic rings. The van der Waals surface area contributed by atoms with Crippen molar-refractivity contribution in [3.8, 4) is 0 Å². The molecule has 5 nitrogen and oxygen atoms in total. The molecule has 0 aromatic heterocycles. The topological polar surface area (TPSA) is 46.2 Å². The van der Waals surface area contributed by atoms with Crippen LogP contribution in [0.4, 0.5) is 0 Å². The Labute approximate surface area is 212 Å². The molecule has 4 aromatic carbocycles. The maximum atomic E-state index is 6.48. The van der Waals surface area contributed by atoms with Crippen LogP contribution >= 0.6 is 0 Å². The molecule has 35 heavy (non-hydrogen) atoms. The predicted octanol–water partition coefficient (Wildman–Crippen LogP) is 3.57. The molecule has 1 aliphatic rings. The monoisotopic (exact) mass is 604 g/mol. The van der Waals surface area contributed by atoms with Gasteiger partial charge in [-0.05, 0) is 0 Å². The molecule has 1 aliphatic heterocycles. The van der Waals surface area contributed by atoms with Crippen LogP contribution in [0.3, 0.4) is 0 Å². The number of rotatable bonds is 4. The summed E-state index contributed by atoms with van der Waals surface area (Å²) < 4.78 is 28.7. The first-order chi connectivity index (χ1) is 16.9. The Hall–Kier alpha value is -2.28. The van der Waals surface area contributed by atoms with E-state index in [9.17, 15) is 0 Å². The van der Waals surface area contributed by atoms with Crippen LogP contribution in [0.5, 0.6) is 0 Å². The van der Waals surface area contributed by atoms with Gasteiger partial charge in [0.1, 0.15) is 0 Å². The molecule has 7 heteroatoms. The molecule has 0 radical (unpaired) electrons. The first-order valence-electron chi connectivity index (χ1n) is 11.3. The number of hydrogen-bond acceptors (Lipinski definition) is 5. The quantitative estimate of drug-likeness (QED) is 0.264. The fraction of sp³-hybridized carbons (Fsp3) is 0.143. The van der Waals surface area contributed by atoms with Crippen molar-refractivity contribution in [2.75, 3.05) is 0 Å². The summed E-state index contributed by atoms with van der Waals surface area (Å²) in [5.74, 6) is 0. The Morgan fingerprint density at radius 2 is 0.571 bits per heavy atom. The van der Waals surface area contributed by atoms with E-state index in [0.717, 1.165) is 40.1 Å². The van der Waals surface area contributed by atoms with E-state index in [4.69, 9.17) is 20.9 Å². The summed E-state index contributed by atoms with van der Waals surface area (Å²) in [5, 5.41) is 5.65. The first-order valence-corrected chi connectivity index (χ1v) is 17.5. The van der Waals surface area contributed by atoms with Crippen molar-refractivity contribution in [1.82, 2.24) is 0 Å². The number of hydrogen-bond donors (Lipinski definition) is 0. The molecule has 1 fully saturated rings. The molecule has 0 aliphatic carbocycles. The third-order valence-electron chi connectivity index (χ3n) is 5.79. The number of aryl methyl sites for hydroxylation is 4. The maximum absolute atomic E-state index is 6.48. The Bertz CT molecular complexity index is 1090. The van der Waals surface area contributed by atoms with Crippen LogP contribution in [-0.4, -0.2) is 27.0 Å². The summed E-state index contributed by atoms with van der Waals surface area (Å²) in [6.07, 6.45) is 0.